The van der Waals surface area contributed by atoms with Gasteiger partial charge in [-0.15, -0.1) is 0 Å². The summed E-state index contributed by atoms with van der Waals surface area (Å²) in [5.74, 6) is 2.53. The zero-order valence-electron chi connectivity index (χ0n) is 15.0. The number of nitrogens with zero attached hydrogens (tertiary/aromatic N) is 1. The van der Waals surface area contributed by atoms with Crippen molar-refractivity contribution >= 4 is 5.91 Å². The fraction of sp³-hybridized carbons (Fsp3) is 0.238. The largest absolute Gasteiger partial charge is 0.486 e. The molecule has 0 bridgehead atoms. The highest BCUT2D eigenvalue weighted by Gasteiger charge is 2.15. The highest BCUT2D eigenvalue weighted by molar-refractivity contribution is 5.78. The van der Waals surface area contributed by atoms with E-state index < -0.39 is 0 Å². The van der Waals surface area contributed by atoms with Crippen LogP contribution in [0.5, 0.6) is 11.5 Å². The minimum Gasteiger partial charge on any atom is -0.486 e. The van der Waals surface area contributed by atoms with Gasteiger partial charge in [-0.3, -0.25) is 4.79 Å². The molecule has 0 aliphatic carbocycles. The Kier molecular flexibility index (Phi) is 4.78. The summed E-state index contributed by atoms with van der Waals surface area (Å²) in [6.07, 6.45) is 0.173. The maximum absolute atomic E-state index is 12.3. The number of oxazole rings is 1. The predicted octanol–water partition coefficient (Wildman–Crippen LogP) is 3.28. The van der Waals surface area contributed by atoms with Gasteiger partial charge in [0.1, 0.15) is 19.0 Å². The number of rotatable bonds is 5. The zero-order valence-corrected chi connectivity index (χ0v) is 15.0. The Bertz CT molecular complexity index is 950. The summed E-state index contributed by atoms with van der Waals surface area (Å²) in [6, 6.07) is 15.3. The lowest BCUT2D eigenvalue weighted by Gasteiger charge is -2.18. The summed E-state index contributed by atoms with van der Waals surface area (Å²) in [5.41, 5.74) is 2.49. The van der Waals surface area contributed by atoms with Crippen molar-refractivity contribution in [2.75, 3.05) is 13.2 Å². The van der Waals surface area contributed by atoms with Crippen LogP contribution in [0.3, 0.4) is 0 Å². The fourth-order valence-electron chi connectivity index (χ4n) is 2.91. The zero-order chi connectivity index (χ0) is 18.6. The molecule has 6 heteroatoms. The molecule has 2 aromatic carbocycles. The van der Waals surface area contributed by atoms with E-state index in [0.717, 1.165) is 16.9 Å². The van der Waals surface area contributed by atoms with Gasteiger partial charge in [0.2, 0.25) is 11.8 Å². The van der Waals surface area contributed by atoms with E-state index in [1.165, 1.54) is 0 Å². The molecule has 1 aliphatic rings. The molecular formula is C21H20N2O4. The van der Waals surface area contributed by atoms with Gasteiger partial charge in [0, 0.05) is 12.1 Å². The van der Waals surface area contributed by atoms with Crippen LogP contribution in [0.2, 0.25) is 0 Å². The van der Waals surface area contributed by atoms with Crippen molar-refractivity contribution in [2.24, 2.45) is 0 Å². The third-order valence-electron chi connectivity index (χ3n) is 4.34. The number of benzene rings is 2. The first-order valence-electron chi connectivity index (χ1n) is 8.86. The van der Waals surface area contributed by atoms with Crippen LogP contribution in [-0.2, 0) is 17.8 Å². The summed E-state index contributed by atoms with van der Waals surface area (Å²) in [7, 11) is 0. The number of nitrogens with one attached hydrogen (secondary N) is 1. The molecule has 1 N–H and O–H groups in total. The summed E-state index contributed by atoms with van der Waals surface area (Å²) < 4.78 is 16.8. The predicted molar refractivity (Wildman–Crippen MR) is 99.7 cm³/mol. The van der Waals surface area contributed by atoms with Crippen LogP contribution in [0.4, 0.5) is 0 Å². The Morgan fingerprint density at radius 1 is 1.07 bits per heavy atom. The Labute approximate surface area is 157 Å². The first-order chi connectivity index (χ1) is 13.2. The first-order valence-corrected chi connectivity index (χ1v) is 8.86. The molecule has 0 spiro atoms. The van der Waals surface area contributed by atoms with Crippen LogP contribution >= 0.6 is 0 Å². The maximum atomic E-state index is 12.3. The Balaban J connectivity index is 1.38. The lowest BCUT2D eigenvalue weighted by atomic mass is 10.2. The lowest BCUT2D eigenvalue weighted by Crippen LogP contribution is -2.25. The molecule has 0 saturated heterocycles. The average Bonchev–Trinajstić information content (AvgIpc) is 3.07. The van der Waals surface area contributed by atoms with Crippen LogP contribution in [-0.4, -0.2) is 24.1 Å². The number of fused-ring (bicyclic) bond motifs is 1. The van der Waals surface area contributed by atoms with Crippen molar-refractivity contribution < 1.29 is 18.7 Å². The molecule has 1 aromatic heterocycles. The molecule has 27 heavy (non-hydrogen) atoms. The molecule has 138 valence electrons. The standard InChI is InChI=1S/C21H20N2O4/c1-14-17(23-21(27-14)16-5-3-2-4-6-16)12-20(24)22-13-15-7-8-18-19(11-15)26-10-9-25-18/h2-8,11H,9-10,12-13H2,1H3,(H,22,24). The van der Waals surface area contributed by atoms with Crippen LogP contribution < -0.4 is 14.8 Å². The summed E-state index contributed by atoms with van der Waals surface area (Å²) in [6.45, 7) is 3.34. The fourth-order valence-corrected chi connectivity index (χ4v) is 2.91. The topological polar surface area (TPSA) is 73.6 Å². The number of amides is 1. The van der Waals surface area contributed by atoms with Gasteiger partial charge in [-0.1, -0.05) is 24.3 Å². The number of aryl methyl sites for hydroxylation is 1. The molecule has 0 saturated carbocycles. The molecule has 1 amide bonds. The van der Waals surface area contributed by atoms with Crippen LogP contribution in [0.25, 0.3) is 11.5 Å². The van der Waals surface area contributed by atoms with Crippen molar-refractivity contribution in [3.05, 3.63) is 65.5 Å². The smallest absolute Gasteiger partial charge is 0.226 e. The summed E-state index contributed by atoms with van der Waals surface area (Å²) in [4.78, 5) is 16.8. The van der Waals surface area contributed by atoms with E-state index in [0.29, 0.717) is 42.9 Å². The third-order valence-corrected chi connectivity index (χ3v) is 4.34. The van der Waals surface area contributed by atoms with E-state index in [-0.39, 0.29) is 12.3 Å². The van der Waals surface area contributed by atoms with E-state index in [2.05, 4.69) is 10.3 Å². The average molecular weight is 364 g/mol. The summed E-state index contributed by atoms with van der Waals surface area (Å²) >= 11 is 0. The number of hydrogen-bond acceptors (Lipinski definition) is 5. The summed E-state index contributed by atoms with van der Waals surface area (Å²) in [5, 5.41) is 2.91. The molecular weight excluding hydrogens is 344 g/mol. The van der Waals surface area contributed by atoms with Gasteiger partial charge in [-0.2, -0.15) is 0 Å². The van der Waals surface area contributed by atoms with E-state index >= 15 is 0 Å². The second-order valence-electron chi connectivity index (χ2n) is 6.32. The van der Waals surface area contributed by atoms with Crippen LogP contribution in [0.15, 0.2) is 52.9 Å². The Hall–Kier alpha value is -3.28. The molecule has 1 aliphatic heterocycles. The normalized spacial score (nSPS) is 12.6. The van der Waals surface area contributed by atoms with E-state index in [1.54, 1.807) is 0 Å². The first kappa shape index (κ1) is 17.1. The van der Waals surface area contributed by atoms with Crippen LogP contribution in [0, 0.1) is 6.92 Å². The number of ether oxygens (including phenoxy) is 2. The lowest BCUT2D eigenvalue weighted by molar-refractivity contribution is -0.120. The number of carbonyl (C=O) groups is 1. The molecule has 2 heterocycles. The molecule has 4 rings (SSSR count). The van der Waals surface area contributed by atoms with Gasteiger partial charge in [0.25, 0.3) is 0 Å². The monoisotopic (exact) mass is 364 g/mol. The van der Waals surface area contributed by atoms with Gasteiger partial charge in [-0.25, -0.2) is 4.98 Å². The maximum Gasteiger partial charge on any atom is 0.226 e. The molecule has 0 fully saturated rings. The second kappa shape index (κ2) is 7.53. The van der Waals surface area contributed by atoms with Crippen molar-refractivity contribution in [1.82, 2.24) is 10.3 Å². The SMILES string of the molecule is Cc1oc(-c2ccccc2)nc1CC(=O)NCc1ccc2c(c1)OCCO2. The highest BCUT2D eigenvalue weighted by Crippen LogP contribution is 2.30. The van der Waals surface area contributed by atoms with Crippen molar-refractivity contribution in [3.63, 3.8) is 0 Å². The molecule has 0 unspecified atom stereocenters. The van der Waals surface area contributed by atoms with Gasteiger partial charge in [-0.05, 0) is 36.8 Å². The quantitative estimate of drug-likeness (QED) is 0.752. The van der Waals surface area contributed by atoms with E-state index in [4.69, 9.17) is 13.9 Å². The van der Waals surface area contributed by atoms with Crippen LogP contribution in [0.1, 0.15) is 17.0 Å². The molecule has 0 radical (unpaired) electrons. The van der Waals surface area contributed by atoms with Gasteiger partial charge in [0.15, 0.2) is 11.5 Å². The number of carbonyl (C=O) groups excluding carboxylic acids is 1. The van der Waals surface area contributed by atoms with Crippen molar-refractivity contribution in [3.8, 4) is 23.0 Å². The third kappa shape index (κ3) is 3.95. The molecule has 3 aromatic rings. The number of hydrogen-bond donors (Lipinski definition) is 1. The Morgan fingerprint density at radius 3 is 2.67 bits per heavy atom. The minimum absolute atomic E-state index is 0.110. The Morgan fingerprint density at radius 2 is 1.85 bits per heavy atom. The van der Waals surface area contributed by atoms with Crippen molar-refractivity contribution in [2.45, 2.75) is 19.9 Å². The second-order valence-corrected chi connectivity index (χ2v) is 6.32. The van der Waals surface area contributed by atoms with E-state index in [9.17, 15) is 4.79 Å². The minimum atomic E-state index is -0.110. The molecule has 0 atom stereocenters. The van der Waals surface area contributed by atoms with Gasteiger partial charge < -0.3 is 19.2 Å². The van der Waals surface area contributed by atoms with Gasteiger partial charge >= 0.3 is 0 Å². The molecule has 6 nitrogen and oxygen atoms in total. The van der Waals surface area contributed by atoms with Crippen molar-refractivity contribution in [1.29, 1.82) is 0 Å². The van der Waals surface area contributed by atoms with Gasteiger partial charge in [0.05, 0.1) is 12.1 Å². The highest BCUT2D eigenvalue weighted by atomic mass is 16.6. The van der Waals surface area contributed by atoms with E-state index in [1.807, 2.05) is 55.5 Å². The number of aromatic nitrogens is 1.